The third-order valence-corrected chi connectivity index (χ3v) is 6.39. The van der Waals surface area contributed by atoms with Gasteiger partial charge in [-0.2, -0.15) is 4.57 Å². The molecule has 134 valence electrons. The van der Waals surface area contributed by atoms with Crippen LogP contribution in [-0.4, -0.2) is 0 Å². The Morgan fingerprint density at radius 1 is 1.12 bits per heavy atom. The summed E-state index contributed by atoms with van der Waals surface area (Å²) in [7, 11) is 0. The van der Waals surface area contributed by atoms with Gasteiger partial charge in [0, 0.05) is 37.0 Å². The van der Waals surface area contributed by atoms with Gasteiger partial charge in [-0.25, -0.2) is 0 Å². The lowest BCUT2D eigenvalue weighted by Gasteiger charge is -2.34. The van der Waals surface area contributed by atoms with Crippen LogP contribution in [0.3, 0.4) is 0 Å². The molecule has 1 heteroatoms. The van der Waals surface area contributed by atoms with Crippen molar-refractivity contribution in [2.24, 2.45) is 0 Å². The Balaban J connectivity index is 2.17. The highest BCUT2D eigenvalue weighted by Gasteiger charge is 2.44. The molecule has 0 saturated carbocycles. The first-order chi connectivity index (χ1) is 12.0. The number of benzene rings is 1. The van der Waals surface area contributed by atoms with E-state index in [-0.39, 0.29) is 5.54 Å². The zero-order valence-electron chi connectivity index (χ0n) is 16.7. The van der Waals surface area contributed by atoms with E-state index in [1.165, 1.54) is 66.5 Å². The van der Waals surface area contributed by atoms with E-state index in [0.29, 0.717) is 5.92 Å². The average molecular weight is 337 g/mol. The topological polar surface area (TPSA) is 3.88 Å². The summed E-state index contributed by atoms with van der Waals surface area (Å²) >= 11 is 0. The first kappa shape index (κ1) is 18.2. The minimum atomic E-state index is 0.240. The number of hydrogen-bond donors (Lipinski definition) is 0. The van der Waals surface area contributed by atoms with E-state index in [1.807, 2.05) is 0 Å². The minimum absolute atomic E-state index is 0.240. The molecule has 1 aromatic heterocycles. The number of nitrogens with zero attached hydrogens (tertiary/aromatic N) is 1. The zero-order chi connectivity index (χ0) is 18.0. The molecule has 2 unspecified atom stereocenters. The van der Waals surface area contributed by atoms with Gasteiger partial charge in [-0.05, 0) is 48.4 Å². The Kier molecular flexibility index (Phi) is 5.32. The quantitative estimate of drug-likeness (QED) is 0.544. The molecule has 1 aliphatic heterocycles. The van der Waals surface area contributed by atoms with Crippen LogP contribution in [0.2, 0.25) is 0 Å². The minimum Gasteiger partial charge on any atom is -0.193 e. The molecule has 3 rings (SSSR count). The van der Waals surface area contributed by atoms with E-state index in [9.17, 15) is 0 Å². The molecule has 2 aromatic rings. The van der Waals surface area contributed by atoms with E-state index in [4.69, 9.17) is 0 Å². The monoisotopic (exact) mass is 336 g/mol. The van der Waals surface area contributed by atoms with Crippen LogP contribution < -0.4 is 4.57 Å². The van der Waals surface area contributed by atoms with Gasteiger partial charge in [-0.3, -0.25) is 0 Å². The average Bonchev–Trinajstić information content (AvgIpc) is 2.65. The standard InChI is InChI=1S/C24H34N/c1-6-9-13-24(8-3)17-21-11-10-20(19(5)7-2)16-22(21)23-15-18(4)12-14-25(23)24/h10-12,14-16,19H,6-9,13,17H2,1-5H3/q+1. The molecule has 0 radical (unpaired) electrons. The molecule has 1 aromatic carbocycles. The Hall–Kier alpha value is -1.63. The predicted octanol–water partition coefficient (Wildman–Crippen LogP) is 6.31. The Labute approximate surface area is 154 Å². The van der Waals surface area contributed by atoms with Crippen molar-refractivity contribution in [3.8, 4) is 11.3 Å². The predicted molar refractivity (Wildman–Crippen MR) is 107 cm³/mol. The van der Waals surface area contributed by atoms with Gasteiger partial charge in [-0.15, -0.1) is 0 Å². The fourth-order valence-electron chi connectivity index (χ4n) is 4.38. The molecule has 0 aliphatic carbocycles. The zero-order valence-corrected chi connectivity index (χ0v) is 16.7. The van der Waals surface area contributed by atoms with Crippen LogP contribution in [0.4, 0.5) is 0 Å². The van der Waals surface area contributed by atoms with E-state index < -0.39 is 0 Å². The number of pyridine rings is 1. The van der Waals surface area contributed by atoms with Crippen LogP contribution in [0.5, 0.6) is 0 Å². The smallest absolute Gasteiger partial charge is 0.193 e. The third kappa shape index (κ3) is 3.26. The lowest BCUT2D eigenvalue weighted by molar-refractivity contribution is -0.759. The Bertz CT molecular complexity index is 746. The van der Waals surface area contributed by atoms with Gasteiger partial charge >= 0.3 is 0 Å². The lowest BCUT2D eigenvalue weighted by Crippen LogP contribution is -2.60. The van der Waals surface area contributed by atoms with Crippen LogP contribution in [-0.2, 0) is 12.0 Å². The molecule has 0 bridgehead atoms. The summed E-state index contributed by atoms with van der Waals surface area (Å²) in [4.78, 5) is 0. The van der Waals surface area contributed by atoms with Crippen molar-refractivity contribution in [2.45, 2.75) is 84.6 Å². The van der Waals surface area contributed by atoms with E-state index in [1.54, 1.807) is 0 Å². The fraction of sp³-hybridized carbons (Fsp3) is 0.542. The Morgan fingerprint density at radius 2 is 1.92 bits per heavy atom. The highest BCUT2D eigenvalue weighted by Crippen LogP contribution is 2.38. The second kappa shape index (κ2) is 7.32. The van der Waals surface area contributed by atoms with Crippen molar-refractivity contribution in [2.75, 3.05) is 0 Å². The first-order valence-corrected chi connectivity index (χ1v) is 10.2. The highest BCUT2D eigenvalue weighted by molar-refractivity contribution is 5.64. The van der Waals surface area contributed by atoms with Crippen LogP contribution in [0, 0.1) is 6.92 Å². The number of fused-ring (bicyclic) bond motifs is 3. The van der Waals surface area contributed by atoms with Gasteiger partial charge in [-0.1, -0.05) is 46.2 Å². The van der Waals surface area contributed by atoms with Gasteiger partial charge in [0.15, 0.2) is 11.7 Å². The highest BCUT2D eigenvalue weighted by atomic mass is 15.1. The maximum Gasteiger partial charge on any atom is 0.213 e. The number of aryl methyl sites for hydroxylation is 1. The normalized spacial score (nSPS) is 20.0. The third-order valence-electron chi connectivity index (χ3n) is 6.39. The second-order valence-electron chi connectivity index (χ2n) is 8.04. The summed E-state index contributed by atoms with van der Waals surface area (Å²) in [5.41, 5.74) is 7.49. The van der Waals surface area contributed by atoms with Crippen molar-refractivity contribution in [3.63, 3.8) is 0 Å². The molecule has 1 nitrogen and oxygen atoms in total. The molecular weight excluding hydrogens is 302 g/mol. The van der Waals surface area contributed by atoms with E-state index >= 15 is 0 Å². The summed E-state index contributed by atoms with van der Waals surface area (Å²) in [5.74, 6) is 0.626. The van der Waals surface area contributed by atoms with Gasteiger partial charge < -0.3 is 0 Å². The molecule has 0 fully saturated rings. The summed E-state index contributed by atoms with van der Waals surface area (Å²) in [6, 6.07) is 11.9. The van der Waals surface area contributed by atoms with Crippen LogP contribution in [0.25, 0.3) is 11.3 Å². The van der Waals surface area contributed by atoms with Crippen LogP contribution in [0.1, 0.15) is 82.4 Å². The number of hydrogen-bond acceptors (Lipinski definition) is 0. The Morgan fingerprint density at radius 3 is 2.60 bits per heavy atom. The molecule has 0 N–H and O–H groups in total. The van der Waals surface area contributed by atoms with Crippen LogP contribution >= 0.6 is 0 Å². The first-order valence-electron chi connectivity index (χ1n) is 10.2. The fourth-order valence-corrected chi connectivity index (χ4v) is 4.38. The van der Waals surface area contributed by atoms with Crippen molar-refractivity contribution in [1.29, 1.82) is 0 Å². The summed E-state index contributed by atoms with van der Waals surface area (Å²) in [6.45, 7) is 11.5. The number of aromatic nitrogens is 1. The summed E-state index contributed by atoms with van der Waals surface area (Å²) < 4.78 is 2.61. The van der Waals surface area contributed by atoms with Gasteiger partial charge in [0.1, 0.15) is 0 Å². The van der Waals surface area contributed by atoms with Crippen molar-refractivity contribution < 1.29 is 4.57 Å². The lowest BCUT2D eigenvalue weighted by atomic mass is 9.77. The molecule has 2 heterocycles. The molecule has 0 spiro atoms. The molecular formula is C24H34N+. The summed E-state index contributed by atoms with van der Waals surface area (Å²) in [6.07, 6.45) is 9.75. The number of unbranched alkanes of at least 4 members (excludes halogenated alkanes) is 1. The van der Waals surface area contributed by atoms with Gasteiger partial charge in [0.05, 0.1) is 0 Å². The van der Waals surface area contributed by atoms with Crippen molar-refractivity contribution >= 4 is 0 Å². The van der Waals surface area contributed by atoms with Crippen molar-refractivity contribution in [3.05, 3.63) is 53.2 Å². The van der Waals surface area contributed by atoms with Gasteiger partial charge in [0.2, 0.25) is 5.69 Å². The molecule has 1 aliphatic rings. The van der Waals surface area contributed by atoms with E-state index in [2.05, 4.69) is 75.7 Å². The number of rotatable bonds is 6. The van der Waals surface area contributed by atoms with Crippen molar-refractivity contribution in [1.82, 2.24) is 0 Å². The summed E-state index contributed by atoms with van der Waals surface area (Å²) in [5, 5.41) is 0. The molecule has 25 heavy (non-hydrogen) atoms. The molecule has 2 atom stereocenters. The van der Waals surface area contributed by atoms with E-state index in [0.717, 1.165) is 0 Å². The molecule has 0 amide bonds. The largest absolute Gasteiger partial charge is 0.213 e. The SMILES string of the molecule is CCCCC1(CC)Cc2ccc(C(C)CC)cc2-c2cc(C)cc[n+]21. The second-order valence-corrected chi connectivity index (χ2v) is 8.04. The maximum absolute atomic E-state index is 2.61. The van der Waals surface area contributed by atoms with Crippen LogP contribution in [0.15, 0.2) is 36.5 Å². The maximum atomic E-state index is 2.61. The van der Waals surface area contributed by atoms with Gasteiger partial charge in [0.25, 0.3) is 0 Å². The molecule has 0 saturated heterocycles.